The predicted octanol–water partition coefficient (Wildman–Crippen LogP) is 35.6. The number of nitrogens with zero attached hydrogens (tertiary/aromatic N) is 22. The minimum absolute atomic E-state index is 0. The van der Waals surface area contributed by atoms with E-state index in [1.165, 1.54) is 41.5 Å². The van der Waals surface area contributed by atoms with Gasteiger partial charge in [0.25, 0.3) is 0 Å². The summed E-state index contributed by atoms with van der Waals surface area (Å²) >= 11 is 0. The van der Waals surface area contributed by atoms with E-state index in [2.05, 4.69) is 157 Å². The summed E-state index contributed by atoms with van der Waals surface area (Å²) in [5.74, 6) is 0. The zero-order valence-electron chi connectivity index (χ0n) is 76.4. The molecule has 0 N–H and O–H groups in total. The van der Waals surface area contributed by atoms with E-state index in [1.54, 1.807) is 111 Å². The predicted molar refractivity (Wildman–Crippen MR) is 525 cm³/mol. The summed E-state index contributed by atoms with van der Waals surface area (Å²) in [6, 6.07) is 90.7. The average molecular weight is 2310 g/mol. The number of aromatic nitrogens is 16. The van der Waals surface area contributed by atoms with Crippen molar-refractivity contribution in [2.24, 2.45) is 0 Å². The number of nitriles is 6. The molecule has 8 aromatic carbocycles. The van der Waals surface area contributed by atoms with Crippen LogP contribution in [0.1, 0.15) is 41.5 Å². The third-order valence-corrected chi connectivity index (χ3v) is 17.2. The van der Waals surface area contributed by atoms with Crippen LogP contribution in [0, 0.1) is 68.0 Å². The van der Waals surface area contributed by atoms with Crippen LogP contribution in [0.3, 0.4) is 0 Å². The Hall–Kier alpha value is -15.9. The molecule has 0 fully saturated rings. The first-order valence-corrected chi connectivity index (χ1v) is 48.8. The van der Waals surface area contributed by atoms with Crippen molar-refractivity contribution >= 4 is 206 Å². The molecule has 0 radical (unpaired) electrons. The van der Waals surface area contributed by atoms with Crippen molar-refractivity contribution in [1.82, 2.24) is 79.7 Å². The van der Waals surface area contributed by atoms with Crippen molar-refractivity contribution in [2.45, 2.75) is 41.5 Å². The second-order valence-corrected chi connectivity index (χ2v) is 36.1. The molecule has 0 saturated heterocycles. The number of para-hydroxylation sites is 4. The normalized spacial score (nSPS) is 12.3. The molecule has 22 nitrogen and oxygen atoms in total. The Kier molecular flexibility index (Phi) is 40.1. The maximum Gasteiger partial charge on any atom is 2.00 e. The van der Waals surface area contributed by atoms with Crippen LogP contribution in [-0.2, 0) is 39.0 Å². The standard InChI is InChI=1S/2C18H10N4.4C12H8N2.6C2H3N.4F6P.2Ru/c2*1-2-8-14-13(7-1)21-17-11-5-3-9-19-15(11)16-12(18(17)22-14)6-4-10-20-16;4*1-3-9-5-6-10-4-2-8-14-12(10)11(9)13-7-1;6*1-2-3;4*1-7(2,3,4,5)6;;/h2*1-10H;4*1-8H;6*1H3;;;;;;/q;;;;;;;;;;;;4*-1;2*+2. The molecule has 14 aromatic heterocycles. The van der Waals surface area contributed by atoms with Gasteiger partial charge in [0.15, 0.2) is 0 Å². The summed E-state index contributed by atoms with van der Waals surface area (Å²) < 4.78 is 237. The molecule has 0 amide bonds. The van der Waals surface area contributed by atoms with Gasteiger partial charge in [0, 0.05) is 181 Å². The maximum absolute atomic E-state index is 10.7. The summed E-state index contributed by atoms with van der Waals surface area (Å²) in [6.45, 7) is 8.58. The quantitative estimate of drug-likeness (QED) is 0.0447. The molecule has 0 aliphatic rings. The van der Waals surface area contributed by atoms with E-state index in [9.17, 15) is 101 Å². The Morgan fingerprint density at radius 2 is 0.257 bits per heavy atom. The molecule has 0 spiro atoms. The Bertz CT molecular complexity index is 7440. The number of hydrogen-bond acceptors (Lipinski definition) is 22. The molecule has 768 valence electrons. The van der Waals surface area contributed by atoms with Crippen molar-refractivity contribution in [1.29, 1.82) is 31.6 Å². The largest absolute Gasteiger partial charge is 2.00 e. The minimum Gasteiger partial charge on any atom is -0.254 e. The summed E-state index contributed by atoms with van der Waals surface area (Å²) in [5.41, 5.74) is 18.4. The van der Waals surface area contributed by atoms with Gasteiger partial charge >= 0.3 is 171 Å². The molecule has 0 unspecified atom stereocenters. The van der Waals surface area contributed by atoms with Crippen molar-refractivity contribution < 1.29 is 140 Å². The van der Waals surface area contributed by atoms with E-state index in [4.69, 9.17) is 51.5 Å². The Morgan fingerprint density at radius 3 is 0.372 bits per heavy atom. The number of halogens is 24. The van der Waals surface area contributed by atoms with Gasteiger partial charge in [0.05, 0.1) is 147 Å². The van der Waals surface area contributed by atoms with Crippen molar-refractivity contribution in [3.05, 3.63) is 317 Å². The zero-order valence-corrected chi connectivity index (χ0v) is 83.5. The molecule has 22 aromatic rings. The van der Waals surface area contributed by atoms with Crippen molar-refractivity contribution in [3.8, 4) is 36.4 Å². The summed E-state index contributed by atoms with van der Waals surface area (Å²) in [5, 5.41) is 57.0. The molecule has 0 bridgehead atoms. The van der Waals surface area contributed by atoms with Crippen LogP contribution in [0.15, 0.2) is 317 Å². The first kappa shape index (κ1) is 123. The maximum atomic E-state index is 9.87. The Labute approximate surface area is 847 Å². The first-order valence-electron chi connectivity index (χ1n) is 40.7. The Balaban J connectivity index is 0.000000290. The molecule has 148 heavy (non-hydrogen) atoms. The smallest absolute Gasteiger partial charge is 0.254 e. The van der Waals surface area contributed by atoms with Gasteiger partial charge in [-0.05, 0) is 121 Å². The molecule has 0 aliphatic carbocycles. The molecule has 0 saturated carbocycles. The van der Waals surface area contributed by atoms with Crippen LogP contribution in [0.25, 0.3) is 175 Å². The van der Waals surface area contributed by atoms with Crippen molar-refractivity contribution in [3.63, 3.8) is 0 Å². The van der Waals surface area contributed by atoms with Gasteiger partial charge in [0.2, 0.25) is 0 Å². The third kappa shape index (κ3) is 44.0. The second-order valence-electron chi connectivity index (χ2n) is 28.5. The summed E-state index contributed by atoms with van der Waals surface area (Å²) in [4.78, 5) is 72.1. The van der Waals surface area contributed by atoms with Crippen LogP contribution < -0.4 is 0 Å². The van der Waals surface area contributed by atoms with E-state index >= 15 is 0 Å². The fourth-order valence-electron chi connectivity index (χ4n) is 12.6. The van der Waals surface area contributed by atoms with E-state index < -0.39 is 31.2 Å². The fourth-order valence-corrected chi connectivity index (χ4v) is 12.6. The number of hydrogen-bond donors (Lipinski definition) is 0. The van der Waals surface area contributed by atoms with Gasteiger partial charge in [-0.15, -0.1) is 0 Å². The molecule has 22 rings (SSSR count). The van der Waals surface area contributed by atoms with Crippen LogP contribution in [0.4, 0.5) is 101 Å². The topological polar surface area (TPSA) is 349 Å². The van der Waals surface area contributed by atoms with Gasteiger partial charge in [-0.1, -0.05) is 121 Å². The number of rotatable bonds is 0. The molecular formula is C96H70F24N22P4Ru2. The number of pyridine rings is 12. The van der Waals surface area contributed by atoms with E-state index in [-0.39, 0.29) is 39.0 Å². The molecule has 14 heterocycles. The summed E-state index contributed by atoms with van der Waals surface area (Å²) in [7, 11) is -42.6. The van der Waals surface area contributed by atoms with Crippen molar-refractivity contribution in [2.75, 3.05) is 0 Å². The van der Waals surface area contributed by atoms with Gasteiger partial charge in [-0.2, -0.15) is 31.6 Å². The van der Waals surface area contributed by atoms with Gasteiger partial charge in [-0.3, -0.25) is 59.8 Å². The molecular weight excluding hydrogens is 2240 g/mol. The SMILES string of the molecule is CC#N.CC#N.CC#N.CC#N.CC#N.CC#N.F[P-](F)(F)(F)(F)F.F[P-](F)(F)(F)(F)F.F[P-](F)(F)(F)(F)F.F[P-](F)(F)(F)(F)F.[Ru+2].[Ru+2].c1ccc2nc3c4cccnc4c4ncccc4c3nc2c1.c1ccc2nc3c4cccnc4c4ncccc4c3nc2c1.c1cnc2c(c1)ccc1cccnc12.c1cnc2c(c1)ccc1cccnc12.c1cnc2c(c1)ccc1cccnc12.c1cnc2c(c1)ccc1cccnc12. The fraction of sp³-hybridized carbons (Fsp3) is 0.0625. The van der Waals surface area contributed by atoms with E-state index in [0.29, 0.717) is 0 Å². The number of benzene rings is 8. The van der Waals surface area contributed by atoms with Crippen LogP contribution in [0.2, 0.25) is 0 Å². The van der Waals surface area contributed by atoms with Gasteiger partial charge in [-0.25, -0.2) is 19.9 Å². The Morgan fingerprint density at radius 1 is 0.155 bits per heavy atom. The third-order valence-electron chi connectivity index (χ3n) is 17.2. The minimum atomic E-state index is -10.7. The zero-order chi connectivity index (χ0) is 108. The number of fused-ring (bicyclic) bond motifs is 26. The van der Waals surface area contributed by atoms with E-state index in [0.717, 1.165) is 175 Å². The van der Waals surface area contributed by atoms with Crippen LogP contribution in [0.5, 0.6) is 0 Å². The average Bonchev–Trinajstić information content (AvgIpc) is 0.736. The molecule has 0 atom stereocenters. The van der Waals surface area contributed by atoms with Gasteiger partial charge in [0.1, 0.15) is 0 Å². The van der Waals surface area contributed by atoms with E-state index in [1.807, 2.05) is 146 Å². The van der Waals surface area contributed by atoms with Crippen LogP contribution >= 0.6 is 31.2 Å². The monoisotopic (exact) mass is 2310 g/mol. The molecule has 52 heteroatoms. The summed E-state index contributed by atoms with van der Waals surface area (Å²) in [6.07, 6.45) is 21.6. The first-order chi connectivity index (χ1) is 67.9. The van der Waals surface area contributed by atoms with Crippen LogP contribution in [-0.4, -0.2) is 79.7 Å². The molecule has 0 aliphatic heterocycles. The second kappa shape index (κ2) is 48.4. The van der Waals surface area contributed by atoms with Gasteiger partial charge < -0.3 is 0 Å².